The number of hydrogen-bond acceptors (Lipinski definition) is 2. The molecule has 1 atom stereocenters. The summed E-state index contributed by atoms with van der Waals surface area (Å²) >= 11 is 5.92. The number of pyridine rings is 1. The Labute approximate surface area is 124 Å². The fraction of sp³-hybridized carbons (Fsp3) is 0.375. The molecule has 1 N–H and O–H groups in total. The van der Waals surface area contributed by atoms with Gasteiger partial charge in [-0.2, -0.15) is 0 Å². The average Bonchev–Trinajstić information content (AvgIpc) is 2.43. The first-order valence-electron chi connectivity index (χ1n) is 6.76. The van der Waals surface area contributed by atoms with Crippen LogP contribution in [0.3, 0.4) is 0 Å². The molecule has 0 radical (unpaired) electrons. The number of rotatable bonds is 4. The minimum atomic E-state index is -0.0916. The van der Waals surface area contributed by atoms with Crippen molar-refractivity contribution >= 4 is 28.4 Å². The van der Waals surface area contributed by atoms with Crippen LogP contribution in [0.4, 0.5) is 0 Å². The summed E-state index contributed by atoms with van der Waals surface area (Å²) < 4.78 is 0. The molecule has 0 saturated carbocycles. The number of alkyl halides is 1. The maximum absolute atomic E-state index is 12.5. The number of aromatic nitrogens is 1. The summed E-state index contributed by atoms with van der Waals surface area (Å²) in [7, 11) is 0. The van der Waals surface area contributed by atoms with E-state index in [2.05, 4.69) is 10.3 Å². The van der Waals surface area contributed by atoms with Crippen LogP contribution < -0.4 is 5.32 Å². The summed E-state index contributed by atoms with van der Waals surface area (Å²) in [4.78, 5) is 16.9. The lowest BCUT2D eigenvalue weighted by atomic mass is 10.0. The van der Waals surface area contributed by atoms with Gasteiger partial charge in [-0.15, -0.1) is 11.6 Å². The van der Waals surface area contributed by atoms with Crippen LogP contribution in [-0.4, -0.2) is 22.8 Å². The Hall–Kier alpha value is -1.61. The number of carbonyl (C=O) groups excluding carboxylic acids is 1. The van der Waals surface area contributed by atoms with Crippen molar-refractivity contribution in [2.24, 2.45) is 5.92 Å². The lowest BCUT2D eigenvalue weighted by Crippen LogP contribution is -2.40. The van der Waals surface area contributed by atoms with E-state index < -0.39 is 0 Å². The standard InChI is InChI=1S/C16H19ClN2O/c1-10(2)15(9-17)19-16(20)13-8-11(3)18-14-7-5-4-6-12(13)14/h4-8,10,15H,9H2,1-3H3,(H,19,20). The molecule has 0 aliphatic rings. The fourth-order valence-corrected chi connectivity index (χ4v) is 2.56. The van der Waals surface area contributed by atoms with E-state index in [0.29, 0.717) is 17.4 Å². The third-order valence-electron chi connectivity index (χ3n) is 3.38. The minimum Gasteiger partial charge on any atom is -0.348 e. The van der Waals surface area contributed by atoms with E-state index >= 15 is 0 Å². The van der Waals surface area contributed by atoms with Crippen molar-refractivity contribution in [3.8, 4) is 0 Å². The van der Waals surface area contributed by atoms with Crippen molar-refractivity contribution in [2.75, 3.05) is 5.88 Å². The number of benzene rings is 1. The van der Waals surface area contributed by atoms with E-state index in [4.69, 9.17) is 11.6 Å². The van der Waals surface area contributed by atoms with Crippen molar-refractivity contribution in [3.63, 3.8) is 0 Å². The van der Waals surface area contributed by atoms with Crippen molar-refractivity contribution < 1.29 is 4.79 Å². The first kappa shape index (κ1) is 14.8. The molecule has 0 spiro atoms. The normalized spacial score (nSPS) is 12.7. The van der Waals surface area contributed by atoms with Crippen molar-refractivity contribution in [1.82, 2.24) is 10.3 Å². The van der Waals surface area contributed by atoms with Gasteiger partial charge < -0.3 is 5.32 Å². The highest BCUT2D eigenvalue weighted by Gasteiger charge is 2.18. The molecule has 4 heteroatoms. The molecule has 3 nitrogen and oxygen atoms in total. The molecule has 0 saturated heterocycles. The molecule has 1 aromatic carbocycles. The third kappa shape index (κ3) is 3.10. The molecule has 2 rings (SSSR count). The first-order valence-corrected chi connectivity index (χ1v) is 7.29. The van der Waals surface area contributed by atoms with Gasteiger partial charge in [-0.3, -0.25) is 9.78 Å². The van der Waals surface area contributed by atoms with Crippen molar-refractivity contribution in [2.45, 2.75) is 26.8 Å². The number of aryl methyl sites for hydroxylation is 1. The zero-order chi connectivity index (χ0) is 14.7. The van der Waals surface area contributed by atoms with Crippen LogP contribution in [0.1, 0.15) is 29.9 Å². The van der Waals surface area contributed by atoms with Crippen LogP contribution in [0.15, 0.2) is 30.3 Å². The second-order valence-corrected chi connectivity index (χ2v) is 5.62. The van der Waals surface area contributed by atoms with Crippen molar-refractivity contribution in [1.29, 1.82) is 0 Å². The van der Waals surface area contributed by atoms with Crippen molar-refractivity contribution in [3.05, 3.63) is 41.6 Å². The number of fused-ring (bicyclic) bond motifs is 1. The minimum absolute atomic E-state index is 0.0311. The Kier molecular flexibility index (Phi) is 4.61. The lowest BCUT2D eigenvalue weighted by Gasteiger charge is -2.20. The highest BCUT2D eigenvalue weighted by molar-refractivity contribution is 6.18. The molecule has 0 aliphatic heterocycles. The van der Waals surface area contributed by atoms with Gasteiger partial charge >= 0.3 is 0 Å². The zero-order valence-corrected chi connectivity index (χ0v) is 12.7. The smallest absolute Gasteiger partial charge is 0.252 e. The number of amides is 1. The molecule has 20 heavy (non-hydrogen) atoms. The highest BCUT2D eigenvalue weighted by Crippen LogP contribution is 2.18. The molecular formula is C16H19ClN2O. The van der Waals surface area contributed by atoms with Gasteiger partial charge in [0.05, 0.1) is 11.1 Å². The predicted octanol–water partition coefficient (Wildman–Crippen LogP) is 3.54. The summed E-state index contributed by atoms with van der Waals surface area (Å²) in [5.74, 6) is 0.613. The lowest BCUT2D eigenvalue weighted by molar-refractivity contribution is 0.0932. The van der Waals surface area contributed by atoms with Gasteiger partial charge in [0.25, 0.3) is 5.91 Å². The van der Waals surface area contributed by atoms with E-state index in [1.165, 1.54) is 0 Å². The van der Waals surface area contributed by atoms with Gasteiger partial charge in [0, 0.05) is 23.0 Å². The van der Waals surface area contributed by atoms with Crippen LogP contribution in [0.2, 0.25) is 0 Å². The number of hydrogen-bond donors (Lipinski definition) is 1. The summed E-state index contributed by atoms with van der Waals surface area (Å²) in [5.41, 5.74) is 2.33. The van der Waals surface area contributed by atoms with E-state index in [1.54, 1.807) is 0 Å². The Morgan fingerprint density at radius 3 is 2.70 bits per heavy atom. The maximum atomic E-state index is 12.5. The summed E-state index contributed by atoms with van der Waals surface area (Å²) in [6, 6.07) is 9.46. The number of nitrogens with one attached hydrogen (secondary N) is 1. The van der Waals surface area contributed by atoms with Crippen LogP contribution in [0.25, 0.3) is 10.9 Å². The summed E-state index contributed by atoms with van der Waals surface area (Å²) in [6.07, 6.45) is 0. The zero-order valence-electron chi connectivity index (χ0n) is 12.0. The Balaban J connectivity index is 2.39. The Bertz CT molecular complexity index is 625. The molecule has 0 fully saturated rings. The molecular weight excluding hydrogens is 272 g/mol. The first-order chi connectivity index (χ1) is 9.52. The maximum Gasteiger partial charge on any atom is 0.252 e. The van der Waals surface area contributed by atoms with Crippen LogP contribution in [0, 0.1) is 12.8 Å². The SMILES string of the molecule is Cc1cc(C(=O)NC(CCl)C(C)C)c2ccccc2n1. The van der Waals surface area contributed by atoms with E-state index in [1.807, 2.05) is 51.1 Å². The van der Waals surface area contributed by atoms with Gasteiger partial charge in [0.2, 0.25) is 0 Å². The van der Waals surface area contributed by atoms with Gasteiger partial charge in [-0.25, -0.2) is 0 Å². The third-order valence-corrected chi connectivity index (χ3v) is 3.71. The molecule has 1 aromatic heterocycles. The van der Waals surface area contributed by atoms with Crippen LogP contribution in [0.5, 0.6) is 0 Å². The van der Waals surface area contributed by atoms with Gasteiger partial charge in [-0.1, -0.05) is 32.0 Å². The van der Waals surface area contributed by atoms with Crippen LogP contribution in [-0.2, 0) is 0 Å². The number of carbonyl (C=O) groups is 1. The largest absolute Gasteiger partial charge is 0.348 e. The molecule has 0 bridgehead atoms. The van der Waals surface area contributed by atoms with E-state index in [0.717, 1.165) is 16.6 Å². The average molecular weight is 291 g/mol. The Morgan fingerprint density at radius 2 is 2.05 bits per heavy atom. The number of halogens is 1. The molecule has 2 aromatic rings. The van der Waals surface area contributed by atoms with E-state index in [-0.39, 0.29) is 11.9 Å². The molecule has 1 unspecified atom stereocenters. The molecule has 1 amide bonds. The molecule has 1 heterocycles. The molecule has 106 valence electrons. The highest BCUT2D eigenvalue weighted by atomic mass is 35.5. The van der Waals surface area contributed by atoms with E-state index in [9.17, 15) is 4.79 Å². The predicted molar refractivity (Wildman–Crippen MR) is 83.3 cm³/mol. The number of para-hydroxylation sites is 1. The van der Waals surface area contributed by atoms with Gasteiger partial charge in [0.1, 0.15) is 0 Å². The monoisotopic (exact) mass is 290 g/mol. The second-order valence-electron chi connectivity index (χ2n) is 5.31. The quantitative estimate of drug-likeness (QED) is 0.875. The van der Waals surface area contributed by atoms with Crippen LogP contribution >= 0.6 is 11.6 Å². The summed E-state index contributed by atoms with van der Waals surface area (Å²) in [5, 5.41) is 3.87. The molecule has 0 aliphatic carbocycles. The fourth-order valence-electron chi connectivity index (χ4n) is 2.13. The van der Waals surface area contributed by atoms with Gasteiger partial charge in [0.15, 0.2) is 0 Å². The summed E-state index contributed by atoms with van der Waals surface area (Å²) in [6.45, 7) is 5.98. The topological polar surface area (TPSA) is 42.0 Å². The number of nitrogens with zero attached hydrogens (tertiary/aromatic N) is 1. The second kappa shape index (κ2) is 6.23. The Morgan fingerprint density at radius 1 is 1.35 bits per heavy atom. The van der Waals surface area contributed by atoms with Gasteiger partial charge in [-0.05, 0) is 25.0 Å².